The third-order valence-electron chi connectivity index (χ3n) is 2.96. The van der Waals surface area contributed by atoms with Gasteiger partial charge in [-0.3, -0.25) is 0 Å². The Morgan fingerprint density at radius 1 is 1.27 bits per heavy atom. The van der Waals surface area contributed by atoms with Crippen molar-refractivity contribution in [2.24, 2.45) is 5.10 Å². The molecule has 6 heteroatoms. The number of nitrogens with zero attached hydrogens (tertiary/aromatic N) is 1. The van der Waals surface area contributed by atoms with Gasteiger partial charge in [0.15, 0.2) is 11.5 Å². The first-order chi connectivity index (χ1) is 10.7. The standard InChI is InChI=1S/C16H16ClFN2O2/c1-19-20-9-11-6-7-15(16(8-11)21-2)22-10-12-13(17)4-3-5-14(12)18/h3-9,19H,10H2,1-2H3/b20-9+. The molecule has 0 saturated heterocycles. The second-order valence-corrected chi connectivity index (χ2v) is 4.79. The molecule has 4 nitrogen and oxygen atoms in total. The predicted octanol–water partition coefficient (Wildman–Crippen LogP) is 3.62. The Morgan fingerprint density at radius 3 is 2.77 bits per heavy atom. The molecule has 1 N–H and O–H groups in total. The van der Waals surface area contributed by atoms with Crippen molar-refractivity contribution in [1.82, 2.24) is 5.43 Å². The molecule has 2 aromatic rings. The lowest BCUT2D eigenvalue weighted by Crippen LogP contribution is -2.01. The SMILES string of the molecule is CN/N=C/c1ccc(OCc2c(F)cccc2Cl)c(OC)c1. The zero-order valence-corrected chi connectivity index (χ0v) is 13.0. The largest absolute Gasteiger partial charge is 0.493 e. The van der Waals surface area contributed by atoms with Gasteiger partial charge in [0.05, 0.1) is 18.3 Å². The third kappa shape index (κ3) is 3.89. The van der Waals surface area contributed by atoms with Crippen LogP contribution in [0.2, 0.25) is 5.02 Å². The number of benzene rings is 2. The van der Waals surface area contributed by atoms with Gasteiger partial charge in [-0.25, -0.2) is 4.39 Å². The number of nitrogens with one attached hydrogen (secondary N) is 1. The van der Waals surface area contributed by atoms with Gasteiger partial charge in [-0.15, -0.1) is 0 Å². The highest BCUT2D eigenvalue weighted by Gasteiger charge is 2.10. The number of methoxy groups -OCH3 is 1. The average molecular weight is 323 g/mol. The van der Waals surface area contributed by atoms with E-state index >= 15 is 0 Å². The molecule has 0 atom stereocenters. The monoisotopic (exact) mass is 322 g/mol. The fourth-order valence-electron chi connectivity index (χ4n) is 1.84. The van der Waals surface area contributed by atoms with Crippen LogP contribution < -0.4 is 14.9 Å². The maximum absolute atomic E-state index is 13.7. The van der Waals surface area contributed by atoms with E-state index in [1.807, 2.05) is 6.07 Å². The van der Waals surface area contributed by atoms with E-state index in [0.717, 1.165) is 5.56 Å². The molecule has 0 aliphatic rings. The summed E-state index contributed by atoms with van der Waals surface area (Å²) in [5.74, 6) is 0.639. The topological polar surface area (TPSA) is 42.9 Å². The number of rotatable bonds is 6. The minimum atomic E-state index is -0.399. The predicted molar refractivity (Wildman–Crippen MR) is 85.4 cm³/mol. The van der Waals surface area contributed by atoms with Crippen molar-refractivity contribution >= 4 is 17.8 Å². The lowest BCUT2D eigenvalue weighted by molar-refractivity contribution is 0.280. The lowest BCUT2D eigenvalue weighted by atomic mass is 10.2. The Kier molecular flexibility index (Phi) is 5.61. The van der Waals surface area contributed by atoms with Crippen LogP contribution in [0.25, 0.3) is 0 Å². The molecule has 22 heavy (non-hydrogen) atoms. The van der Waals surface area contributed by atoms with E-state index in [1.165, 1.54) is 13.2 Å². The molecule has 116 valence electrons. The quantitative estimate of drug-likeness (QED) is 0.652. The van der Waals surface area contributed by atoms with E-state index < -0.39 is 5.82 Å². The molecule has 0 fully saturated rings. The van der Waals surface area contributed by atoms with Crippen LogP contribution in [0.5, 0.6) is 11.5 Å². The number of hydrogen-bond acceptors (Lipinski definition) is 4. The number of hydrazone groups is 1. The summed E-state index contributed by atoms with van der Waals surface area (Å²) in [5, 5.41) is 4.26. The van der Waals surface area contributed by atoms with Gasteiger partial charge in [-0.1, -0.05) is 17.7 Å². The maximum Gasteiger partial charge on any atom is 0.161 e. The summed E-state index contributed by atoms with van der Waals surface area (Å²) in [5.41, 5.74) is 3.83. The van der Waals surface area contributed by atoms with E-state index in [-0.39, 0.29) is 6.61 Å². The molecule has 0 aliphatic carbocycles. The second-order valence-electron chi connectivity index (χ2n) is 4.38. The summed E-state index contributed by atoms with van der Waals surface area (Å²) in [4.78, 5) is 0. The number of halogens is 2. The van der Waals surface area contributed by atoms with Gasteiger partial charge in [0.25, 0.3) is 0 Å². The first kappa shape index (κ1) is 16.1. The molecule has 0 radical (unpaired) electrons. The molecule has 0 aromatic heterocycles. The first-order valence-electron chi connectivity index (χ1n) is 6.59. The molecule has 0 spiro atoms. The van der Waals surface area contributed by atoms with Gasteiger partial charge in [0, 0.05) is 12.6 Å². The minimum absolute atomic E-state index is 0.0197. The average Bonchev–Trinajstić information content (AvgIpc) is 2.53. The van der Waals surface area contributed by atoms with Crippen LogP contribution in [-0.4, -0.2) is 20.4 Å². The number of ether oxygens (including phenoxy) is 2. The molecular formula is C16H16ClFN2O2. The molecule has 0 saturated carbocycles. The lowest BCUT2D eigenvalue weighted by Gasteiger charge is -2.12. The molecule has 2 rings (SSSR count). The molecular weight excluding hydrogens is 307 g/mol. The highest BCUT2D eigenvalue weighted by Crippen LogP contribution is 2.29. The van der Waals surface area contributed by atoms with Gasteiger partial charge in [-0.05, 0) is 35.9 Å². The van der Waals surface area contributed by atoms with Gasteiger partial charge in [0.1, 0.15) is 12.4 Å². The van der Waals surface area contributed by atoms with Crippen molar-refractivity contribution in [2.75, 3.05) is 14.2 Å². The van der Waals surface area contributed by atoms with Gasteiger partial charge >= 0.3 is 0 Å². The fourth-order valence-corrected chi connectivity index (χ4v) is 2.06. The summed E-state index contributed by atoms with van der Waals surface area (Å²) >= 11 is 5.98. The summed E-state index contributed by atoms with van der Waals surface area (Å²) in [6.07, 6.45) is 1.65. The van der Waals surface area contributed by atoms with Crippen LogP contribution >= 0.6 is 11.6 Å². The smallest absolute Gasteiger partial charge is 0.161 e. The van der Waals surface area contributed by atoms with Crippen LogP contribution in [0.15, 0.2) is 41.5 Å². The van der Waals surface area contributed by atoms with Crippen molar-refractivity contribution in [3.05, 3.63) is 58.4 Å². The van der Waals surface area contributed by atoms with Crippen molar-refractivity contribution in [1.29, 1.82) is 0 Å². The summed E-state index contributed by atoms with van der Waals surface area (Å²) in [6, 6.07) is 9.86. The minimum Gasteiger partial charge on any atom is -0.493 e. The van der Waals surface area contributed by atoms with Crippen molar-refractivity contribution in [2.45, 2.75) is 6.61 Å². The second kappa shape index (κ2) is 7.66. The van der Waals surface area contributed by atoms with Crippen LogP contribution in [0, 0.1) is 5.82 Å². The zero-order valence-electron chi connectivity index (χ0n) is 12.3. The number of hydrogen-bond donors (Lipinski definition) is 1. The van der Waals surface area contributed by atoms with E-state index in [2.05, 4.69) is 10.5 Å². The van der Waals surface area contributed by atoms with E-state index in [9.17, 15) is 4.39 Å². The van der Waals surface area contributed by atoms with Crippen molar-refractivity contribution < 1.29 is 13.9 Å². The van der Waals surface area contributed by atoms with Gasteiger partial charge in [0.2, 0.25) is 0 Å². The third-order valence-corrected chi connectivity index (χ3v) is 3.32. The Bertz CT molecular complexity index is 657. The summed E-state index contributed by atoms with van der Waals surface area (Å²) < 4.78 is 24.6. The Hall–Kier alpha value is -2.27. The molecule has 0 unspecified atom stereocenters. The Balaban J connectivity index is 2.17. The zero-order chi connectivity index (χ0) is 15.9. The summed E-state index contributed by atoms with van der Waals surface area (Å²) in [7, 11) is 3.25. The Morgan fingerprint density at radius 2 is 2.09 bits per heavy atom. The van der Waals surface area contributed by atoms with Gasteiger partial charge < -0.3 is 14.9 Å². The molecule has 0 bridgehead atoms. The summed E-state index contributed by atoms with van der Waals surface area (Å²) in [6.45, 7) is 0.0197. The van der Waals surface area contributed by atoms with Crippen LogP contribution in [0.1, 0.15) is 11.1 Å². The van der Waals surface area contributed by atoms with Crippen LogP contribution in [0.4, 0.5) is 4.39 Å². The first-order valence-corrected chi connectivity index (χ1v) is 6.97. The van der Waals surface area contributed by atoms with Crippen LogP contribution in [-0.2, 0) is 6.61 Å². The van der Waals surface area contributed by atoms with Crippen molar-refractivity contribution in [3.8, 4) is 11.5 Å². The van der Waals surface area contributed by atoms with Gasteiger partial charge in [-0.2, -0.15) is 5.10 Å². The van der Waals surface area contributed by atoms with Crippen molar-refractivity contribution in [3.63, 3.8) is 0 Å². The maximum atomic E-state index is 13.7. The highest BCUT2D eigenvalue weighted by atomic mass is 35.5. The van der Waals surface area contributed by atoms with E-state index in [4.69, 9.17) is 21.1 Å². The molecule has 0 heterocycles. The highest BCUT2D eigenvalue weighted by molar-refractivity contribution is 6.31. The van der Waals surface area contributed by atoms with E-state index in [0.29, 0.717) is 22.1 Å². The molecule has 0 aliphatic heterocycles. The van der Waals surface area contributed by atoms with Crippen LogP contribution in [0.3, 0.4) is 0 Å². The normalized spacial score (nSPS) is 10.7. The molecule has 2 aromatic carbocycles. The fraction of sp³-hybridized carbons (Fsp3) is 0.188. The van der Waals surface area contributed by atoms with E-state index in [1.54, 1.807) is 37.5 Å². The molecule has 0 amide bonds. The Labute approximate surface area is 133 Å².